The Hall–Kier alpha value is -0.770. The fourth-order valence-corrected chi connectivity index (χ4v) is 2.80. The molecule has 0 saturated carbocycles. The van der Waals surface area contributed by atoms with Crippen LogP contribution in [0.3, 0.4) is 0 Å². The molecule has 2 aliphatic rings. The molecular weight excluding hydrogens is 216 g/mol. The Kier molecular flexibility index (Phi) is 2.25. The summed E-state index contributed by atoms with van der Waals surface area (Å²) in [5.74, 6) is 0. The zero-order valence-corrected chi connectivity index (χ0v) is 10.9. The molecule has 4 nitrogen and oxygen atoms in total. The Labute approximate surface area is 108 Å². The molecule has 98 valence electrons. The number of piperazine rings is 1. The minimum absolute atomic E-state index is 0.0166. The van der Waals surface area contributed by atoms with Gasteiger partial charge in [-0.05, 0) is 40.0 Å². The van der Waals surface area contributed by atoms with Crippen LogP contribution in [0.4, 0.5) is 4.79 Å². The summed E-state index contributed by atoms with van der Waals surface area (Å²) < 4.78 is 28.1. The van der Waals surface area contributed by atoms with Crippen molar-refractivity contribution in [2.24, 2.45) is 0 Å². The topological polar surface area (TPSA) is 41.6 Å². The van der Waals surface area contributed by atoms with Crippen LogP contribution in [-0.2, 0) is 4.74 Å². The van der Waals surface area contributed by atoms with Gasteiger partial charge < -0.3 is 10.1 Å². The van der Waals surface area contributed by atoms with E-state index in [9.17, 15) is 4.79 Å². The third kappa shape index (κ3) is 2.28. The van der Waals surface area contributed by atoms with Gasteiger partial charge in [-0.2, -0.15) is 0 Å². The van der Waals surface area contributed by atoms with Crippen molar-refractivity contribution in [1.82, 2.24) is 10.2 Å². The van der Waals surface area contributed by atoms with Crippen LogP contribution in [0.1, 0.15) is 51.0 Å². The van der Waals surface area contributed by atoms with Crippen molar-refractivity contribution in [2.45, 2.75) is 64.1 Å². The summed E-state index contributed by atoms with van der Waals surface area (Å²) in [5, 5.41) is 3.26. The number of rotatable bonds is 1. The Balaban J connectivity index is 2.22. The SMILES string of the molecule is [2H]C([2H])([2H])C[C@@]12CC[C@@H](CNC1)N2C(=O)OC(C)(C)C. The molecule has 0 unspecified atom stereocenters. The molecular formula is C13H24N2O2. The Morgan fingerprint density at radius 3 is 3.06 bits per heavy atom. The quantitative estimate of drug-likeness (QED) is 0.767. The molecule has 0 spiro atoms. The van der Waals surface area contributed by atoms with Gasteiger partial charge in [-0.15, -0.1) is 0 Å². The van der Waals surface area contributed by atoms with E-state index in [1.165, 1.54) is 0 Å². The van der Waals surface area contributed by atoms with E-state index in [1.807, 2.05) is 20.8 Å². The monoisotopic (exact) mass is 243 g/mol. The fraction of sp³-hybridized carbons (Fsp3) is 0.923. The first-order valence-corrected chi connectivity index (χ1v) is 6.26. The third-order valence-electron chi connectivity index (χ3n) is 3.57. The van der Waals surface area contributed by atoms with Gasteiger partial charge >= 0.3 is 6.09 Å². The van der Waals surface area contributed by atoms with E-state index in [-0.39, 0.29) is 18.6 Å². The lowest BCUT2D eigenvalue weighted by molar-refractivity contribution is -0.0110. The maximum absolute atomic E-state index is 12.5. The molecule has 2 aliphatic heterocycles. The smallest absolute Gasteiger partial charge is 0.411 e. The Bertz CT molecular complexity index is 388. The van der Waals surface area contributed by atoms with E-state index in [1.54, 1.807) is 4.90 Å². The number of carbonyl (C=O) groups is 1. The van der Waals surface area contributed by atoms with Gasteiger partial charge in [0, 0.05) is 23.2 Å². The Morgan fingerprint density at radius 2 is 2.41 bits per heavy atom. The summed E-state index contributed by atoms with van der Waals surface area (Å²) in [4.78, 5) is 14.2. The average Bonchev–Trinajstić information content (AvgIpc) is 2.41. The standard InChI is InChI=1S/C13H24N2O2/c1-5-13-7-6-10(8-14-9-13)15(13)11(16)17-12(2,3)4/h10,14H,5-9H2,1-4H3/t10-,13+/m0/s1/i1D3. The van der Waals surface area contributed by atoms with Gasteiger partial charge in [0.05, 0.1) is 5.54 Å². The number of carbonyl (C=O) groups excluding carboxylic acids is 1. The van der Waals surface area contributed by atoms with Crippen molar-refractivity contribution in [2.75, 3.05) is 13.1 Å². The van der Waals surface area contributed by atoms with Crippen molar-refractivity contribution in [3.05, 3.63) is 0 Å². The second-order valence-electron chi connectivity index (χ2n) is 6.07. The lowest BCUT2D eigenvalue weighted by atomic mass is 9.93. The zero-order valence-electron chi connectivity index (χ0n) is 13.9. The zero-order chi connectivity index (χ0) is 15.2. The van der Waals surface area contributed by atoms with Crippen LogP contribution in [0.25, 0.3) is 0 Å². The summed E-state index contributed by atoms with van der Waals surface area (Å²) >= 11 is 0. The first kappa shape index (κ1) is 9.20. The largest absolute Gasteiger partial charge is 0.444 e. The van der Waals surface area contributed by atoms with Crippen molar-refractivity contribution >= 4 is 6.09 Å². The molecule has 1 N–H and O–H groups in total. The number of hydrogen-bond acceptors (Lipinski definition) is 3. The van der Waals surface area contributed by atoms with Crippen LogP contribution in [0.2, 0.25) is 0 Å². The summed E-state index contributed by atoms with van der Waals surface area (Å²) in [7, 11) is 0. The van der Waals surface area contributed by atoms with Gasteiger partial charge in [0.25, 0.3) is 0 Å². The molecule has 1 amide bonds. The van der Waals surface area contributed by atoms with E-state index in [0.29, 0.717) is 13.1 Å². The van der Waals surface area contributed by atoms with Crippen LogP contribution in [-0.4, -0.2) is 41.3 Å². The maximum Gasteiger partial charge on any atom is 0.411 e. The Morgan fingerprint density at radius 1 is 1.65 bits per heavy atom. The molecule has 0 aromatic heterocycles. The van der Waals surface area contributed by atoms with E-state index in [4.69, 9.17) is 8.85 Å². The lowest BCUT2D eigenvalue weighted by Gasteiger charge is -2.44. The minimum Gasteiger partial charge on any atom is -0.444 e. The highest BCUT2D eigenvalue weighted by atomic mass is 16.6. The molecule has 17 heavy (non-hydrogen) atoms. The number of ether oxygens (including phenoxy) is 1. The highest BCUT2D eigenvalue weighted by molar-refractivity contribution is 5.70. The summed E-state index contributed by atoms with van der Waals surface area (Å²) in [6.45, 7) is 4.67. The molecule has 0 aromatic carbocycles. The molecule has 2 rings (SSSR count). The predicted molar refractivity (Wildman–Crippen MR) is 67.0 cm³/mol. The fourth-order valence-electron chi connectivity index (χ4n) is 2.80. The van der Waals surface area contributed by atoms with Crippen molar-refractivity contribution in [3.63, 3.8) is 0 Å². The highest BCUT2D eigenvalue weighted by Gasteiger charge is 2.51. The number of nitrogens with zero attached hydrogens (tertiary/aromatic N) is 1. The summed E-state index contributed by atoms with van der Waals surface area (Å²) in [6.07, 6.45) is 1.19. The van der Waals surface area contributed by atoms with Gasteiger partial charge in [-0.1, -0.05) is 6.85 Å². The van der Waals surface area contributed by atoms with Gasteiger partial charge in [0.1, 0.15) is 5.60 Å². The highest BCUT2D eigenvalue weighted by Crippen LogP contribution is 2.39. The normalized spacial score (nSPS) is 36.1. The van der Waals surface area contributed by atoms with Crippen LogP contribution in [0, 0.1) is 0 Å². The van der Waals surface area contributed by atoms with Gasteiger partial charge in [0.2, 0.25) is 0 Å². The molecule has 4 heteroatoms. The maximum atomic E-state index is 12.5. The van der Waals surface area contributed by atoms with Crippen LogP contribution in [0.15, 0.2) is 0 Å². The molecule has 2 bridgehead atoms. The van der Waals surface area contributed by atoms with E-state index < -0.39 is 18.0 Å². The predicted octanol–water partition coefficient (Wildman–Crippen LogP) is 2.14. The van der Waals surface area contributed by atoms with Crippen LogP contribution < -0.4 is 5.32 Å². The molecule has 2 atom stereocenters. The molecule has 0 aliphatic carbocycles. The van der Waals surface area contributed by atoms with E-state index in [0.717, 1.165) is 12.8 Å². The van der Waals surface area contributed by atoms with Gasteiger partial charge in [0.15, 0.2) is 0 Å². The second kappa shape index (κ2) is 4.16. The molecule has 2 saturated heterocycles. The summed E-state index contributed by atoms with van der Waals surface area (Å²) in [5.41, 5.74) is -1.20. The average molecular weight is 243 g/mol. The minimum atomic E-state index is -2.05. The second-order valence-corrected chi connectivity index (χ2v) is 6.07. The van der Waals surface area contributed by atoms with Crippen molar-refractivity contribution < 1.29 is 13.6 Å². The number of nitrogens with one attached hydrogen (secondary N) is 1. The van der Waals surface area contributed by atoms with Crippen LogP contribution >= 0.6 is 0 Å². The number of fused-ring (bicyclic) bond motifs is 2. The van der Waals surface area contributed by atoms with E-state index in [2.05, 4.69) is 5.32 Å². The first-order valence-electron chi connectivity index (χ1n) is 7.76. The van der Waals surface area contributed by atoms with Gasteiger partial charge in [-0.25, -0.2) is 4.79 Å². The summed E-state index contributed by atoms with van der Waals surface area (Å²) in [6, 6.07) is 0.0425. The number of amides is 1. The first-order chi connectivity index (χ1) is 9.03. The van der Waals surface area contributed by atoms with E-state index >= 15 is 0 Å². The molecule has 0 aromatic rings. The van der Waals surface area contributed by atoms with Crippen molar-refractivity contribution in [1.29, 1.82) is 0 Å². The molecule has 2 heterocycles. The number of hydrogen-bond donors (Lipinski definition) is 1. The molecule has 0 radical (unpaired) electrons. The van der Waals surface area contributed by atoms with Gasteiger partial charge in [-0.3, -0.25) is 4.90 Å². The van der Waals surface area contributed by atoms with Crippen molar-refractivity contribution in [3.8, 4) is 0 Å². The molecule has 2 fully saturated rings. The third-order valence-corrected chi connectivity index (χ3v) is 3.57. The van der Waals surface area contributed by atoms with Crippen LogP contribution in [0.5, 0.6) is 0 Å². The lowest BCUT2D eigenvalue weighted by Crippen LogP contribution is -2.62.